The Kier molecular flexibility index (Phi) is 5.12. The van der Waals surface area contributed by atoms with Gasteiger partial charge in [0.1, 0.15) is 5.82 Å². The standard InChI is InChI=1S/C15H19FN2O2/c16-12-8-6-11(7-9-12)14(19)10-17-15(20)18-13-4-2-1-3-5-13/h2,4,6-9,13-14,19H,1,3,5,10H2,(H2,17,18,20). The van der Waals surface area contributed by atoms with Gasteiger partial charge in [0, 0.05) is 12.6 Å². The molecule has 0 radical (unpaired) electrons. The van der Waals surface area contributed by atoms with Gasteiger partial charge >= 0.3 is 6.03 Å². The molecular weight excluding hydrogens is 259 g/mol. The smallest absolute Gasteiger partial charge is 0.315 e. The number of nitrogens with one attached hydrogen (secondary N) is 2. The van der Waals surface area contributed by atoms with Crippen LogP contribution in [0.4, 0.5) is 9.18 Å². The summed E-state index contributed by atoms with van der Waals surface area (Å²) in [4.78, 5) is 11.7. The van der Waals surface area contributed by atoms with Crippen LogP contribution < -0.4 is 10.6 Å². The first-order valence-corrected chi connectivity index (χ1v) is 6.79. The van der Waals surface area contributed by atoms with Crippen molar-refractivity contribution in [2.75, 3.05) is 6.54 Å². The summed E-state index contributed by atoms with van der Waals surface area (Å²) < 4.78 is 12.8. The summed E-state index contributed by atoms with van der Waals surface area (Å²) in [5.74, 6) is -0.351. The lowest BCUT2D eigenvalue weighted by molar-refractivity contribution is 0.172. The molecule has 2 rings (SSSR count). The number of carbonyl (C=O) groups is 1. The van der Waals surface area contributed by atoms with Crippen molar-refractivity contribution in [3.8, 4) is 0 Å². The number of rotatable bonds is 4. The number of halogens is 1. The first-order chi connectivity index (χ1) is 9.65. The normalized spacial score (nSPS) is 19.4. The van der Waals surface area contributed by atoms with Gasteiger partial charge in [0.25, 0.3) is 0 Å². The van der Waals surface area contributed by atoms with Crippen LogP contribution in [-0.4, -0.2) is 23.7 Å². The summed E-state index contributed by atoms with van der Waals surface area (Å²) in [5, 5.41) is 15.3. The lowest BCUT2D eigenvalue weighted by Crippen LogP contribution is -2.43. The third-order valence-electron chi connectivity index (χ3n) is 3.28. The molecular formula is C15H19FN2O2. The summed E-state index contributed by atoms with van der Waals surface area (Å²) in [6, 6.07) is 5.33. The zero-order valence-corrected chi connectivity index (χ0v) is 11.2. The van der Waals surface area contributed by atoms with Crippen LogP contribution in [0.3, 0.4) is 0 Å². The number of hydrogen-bond donors (Lipinski definition) is 3. The predicted octanol–water partition coefficient (Wildman–Crippen LogP) is 2.27. The van der Waals surface area contributed by atoms with Crippen molar-refractivity contribution >= 4 is 6.03 Å². The summed E-state index contributed by atoms with van der Waals surface area (Å²) in [6.07, 6.45) is 6.26. The summed E-state index contributed by atoms with van der Waals surface area (Å²) in [6.45, 7) is 0.0912. The van der Waals surface area contributed by atoms with E-state index >= 15 is 0 Å². The summed E-state index contributed by atoms with van der Waals surface area (Å²) in [5.41, 5.74) is 0.573. The molecule has 1 aromatic rings. The number of benzene rings is 1. The molecule has 0 heterocycles. The third-order valence-corrected chi connectivity index (χ3v) is 3.28. The number of allylic oxidation sites excluding steroid dienone is 1. The van der Waals surface area contributed by atoms with Crippen LogP contribution in [0.1, 0.15) is 30.9 Å². The van der Waals surface area contributed by atoms with Crippen LogP contribution in [0.25, 0.3) is 0 Å². The van der Waals surface area contributed by atoms with E-state index in [1.807, 2.05) is 6.08 Å². The molecule has 0 spiro atoms. The predicted molar refractivity (Wildman–Crippen MR) is 74.7 cm³/mol. The molecule has 0 aromatic heterocycles. The van der Waals surface area contributed by atoms with E-state index in [-0.39, 0.29) is 24.4 Å². The van der Waals surface area contributed by atoms with Gasteiger partial charge in [-0.15, -0.1) is 0 Å². The number of hydrogen-bond acceptors (Lipinski definition) is 2. The van der Waals surface area contributed by atoms with Gasteiger partial charge in [-0.25, -0.2) is 9.18 Å². The van der Waals surface area contributed by atoms with E-state index in [9.17, 15) is 14.3 Å². The Bertz CT molecular complexity index is 473. The van der Waals surface area contributed by atoms with Gasteiger partial charge in [-0.1, -0.05) is 24.3 Å². The first-order valence-electron chi connectivity index (χ1n) is 6.79. The molecule has 0 aliphatic heterocycles. The molecule has 3 N–H and O–H groups in total. The van der Waals surface area contributed by atoms with E-state index in [2.05, 4.69) is 16.7 Å². The quantitative estimate of drug-likeness (QED) is 0.740. The molecule has 4 nitrogen and oxygen atoms in total. The molecule has 1 aliphatic carbocycles. The Hall–Kier alpha value is -1.88. The van der Waals surface area contributed by atoms with E-state index in [1.54, 1.807) is 0 Å². The van der Waals surface area contributed by atoms with Crippen molar-refractivity contribution in [3.63, 3.8) is 0 Å². The highest BCUT2D eigenvalue weighted by molar-refractivity contribution is 5.74. The molecule has 2 amide bonds. The van der Waals surface area contributed by atoms with E-state index in [0.29, 0.717) is 5.56 Å². The molecule has 5 heteroatoms. The number of aliphatic hydroxyl groups excluding tert-OH is 1. The zero-order valence-electron chi connectivity index (χ0n) is 11.2. The van der Waals surface area contributed by atoms with Crippen LogP contribution in [0.2, 0.25) is 0 Å². The van der Waals surface area contributed by atoms with Gasteiger partial charge in [0.15, 0.2) is 0 Å². The van der Waals surface area contributed by atoms with Gasteiger partial charge in [-0.05, 0) is 37.0 Å². The Morgan fingerprint density at radius 3 is 2.80 bits per heavy atom. The fourth-order valence-electron chi connectivity index (χ4n) is 2.14. The molecule has 1 aliphatic rings. The lowest BCUT2D eigenvalue weighted by atomic mass is 10.0. The van der Waals surface area contributed by atoms with Crippen molar-refractivity contribution in [2.24, 2.45) is 0 Å². The minimum absolute atomic E-state index is 0.0618. The number of amides is 2. The van der Waals surface area contributed by atoms with Gasteiger partial charge < -0.3 is 15.7 Å². The molecule has 1 aromatic carbocycles. The molecule has 2 unspecified atom stereocenters. The van der Waals surface area contributed by atoms with E-state index in [0.717, 1.165) is 19.3 Å². The van der Waals surface area contributed by atoms with Crippen LogP contribution >= 0.6 is 0 Å². The van der Waals surface area contributed by atoms with Crippen LogP contribution in [0, 0.1) is 5.82 Å². The van der Waals surface area contributed by atoms with Crippen molar-refractivity contribution in [2.45, 2.75) is 31.4 Å². The Morgan fingerprint density at radius 2 is 2.15 bits per heavy atom. The topological polar surface area (TPSA) is 61.4 Å². The Morgan fingerprint density at radius 1 is 1.40 bits per heavy atom. The highest BCUT2D eigenvalue weighted by Crippen LogP contribution is 2.12. The SMILES string of the molecule is O=C(NCC(O)c1ccc(F)cc1)NC1C=CCCC1. The maximum atomic E-state index is 12.8. The van der Waals surface area contributed by atoms with Gasteiger partial charge in [0.05, 0.1) is 6.10 Å². The first kappa shape index (κ1) is 14.5. The minimum Gasteiger partial charge on any atom is -0.387 e. The summed E-state index contributed by atoms with van der Waals surface area (Å²) in [7, 11) is 0. The van der Waals surface area contributed by atoms with Crippen LogP contribution in [0.5, 0.6) is 0 Å². The van der Waals surface area contributed by atoms with Crippen molar-refractivity contribution in [1.82, 2.24) is 10.6 Å². The average molecular weight is 278 g/mol. The van der Waals surface area contributed by atoms with Gasteiger partial charge in [0.2, 0.25) is 0 Å². The second-order valence-corrected chi connectivity index (χ2v) is 4.89. The lowest BCUT2D eigenvalue weighted by Gasteiger charge is -2.19. The summed E-state index contributed by atoms with van der Waals surface area (Å²) >= 11 is 0. The highest BCUT2D eigenvalue weighted by atomic mass is 19.1. The molecule has 0 bridgehead atoms. The average Bonchev–Trinajstić information content (AvgIpc) is 2.46. The molecule has 20 heavy (non-hydrogen) atoms. The number of urea groups is 1. The minimum atomic E-state index is -0.844. The zero-order chi connectivity index (χ0) is 14.4. The molecule has 0 saturated carbocycles. The van der Waals surface area contributed by atoms with Crippen LogP contribution in [0.15, 0.2) is 36.4 Å². The van der Waals surface area contributed by atoms with E-state index in [1.165, 1.54) is 24.3 Å². The molecule has 0 fully saturated rings. The maximum Gasteiger partial charge on any atom is 0.315 e. The van der Waals surface area contributed by atoms with Crippen molar-refractivity contribution < 1.29 is 14.3 Å². The molecule has 2 atom stereocenters. The van der Waals surface area contributed by atoms with Crippen LogP contribution in [-0.2, 0) is 0 Å². The fourth-order valence-corrected chi connectivity index (χ4v) is 2.14. The monoisotopic (exact) mass is 278 g/mol. The highest BCUT2D eigenvalue weighted by Gasteiger charge is 2.13. The van der Waals surface area contributed by atoms with E-state index < -0.39 is 6.10 Å². The third kappa shape index (κ3) is 4.35. The van der Waals surface area contributed by atoms with Gasteiger partial charge in [-0.2, -0.15) is 0 Å². The Balaban J connectivity index is 1.76. The van der Waals surface area contributed by atoms with E-state index in [4.69, 9.17) is 0 Å². The Labute approximate surface area is 117 Å². The molecule has 108 valence electrons. The largest absolute Gasteiger partial charge is 0.387 e. The molecule has 0 saturated heterocycles. The number of carbonyl (C=O) groups excluding carboxylic acids is 1. The van der Waals surface area contributed by atoms with Crippen molar-refractivity contribution in [1.29, 1.82) is 0 Å². The van der Waals surface area contributed by atoms with Crippen molar-refractivity contribution in [3.05, 3.63) is 47.8 Å². The fraction of sp³-hybridized carbons (Fsp3) is 0.400. The second-order valence-electron chi connectivity index (χ2n) is 4.89. The number of aliphatic hydroxyl groups is 1. The second kappa shape index (κ2) is 7.05. The van der Waals surface area contributed by atoms with Gasteiger partial charge in [-0.3, -0.25) is 0 Å². The maximum absolute atomic E-state index is 12.8.